The minimum absolute atomic E-state index is 0.105. The molecule has 1 atom stereocenters. The molecule has 1 aromatic carbocycles. The number of H-pyrrole nitrogens is 1. The zero-order valence-corrected chi connectivity index (χ0v) is 15.4. The van der Waals surface area contributed by atoms with E-state index in [0.29, 0.717) is 22.7 Å². The van der Waals surface area contributed by atoms with E-state index < -0.39 is 0 Å². The summed E-state index contributed by atoms with van der Waals surface area (Å²) in [6.45, 7) is 1.28. The number of benzene rings is 1. The molecule has 27 heavy (non-hydrogen) atoms. The second-order valence-corrected chi connectivity index (χ2v) is 7.19. The summed E-state index contributed by atoms with van der Waals surface area (Å²) >= 11 is 1.19. The smallest absolute Gasteiger partial charge is 0.262 e. The third-order valence-electron chi connectivity index (χ3n) is 4.31. The number of amides is 1. The van der Waals surface area contributed by atoms with Gasteiger partial charge < -0.3 is 15.0 Å². The first-order chi connectivity index (χ1) is 13.2. The van der Waals surface area contributed by atoms with E-state index in [1.54, 1.807) is 4.68 Å². The number of ether oxygens (including phenoxy) is 1. The Labute approximate surface area is 159 Å². The maximum atomic E-state index is 12.3. The monoisotopic (exact) mass is 385 g/mol. The summed E-state index contributed by atoms with van der Waals surface area (Å²) < 4.78 is 7.10. The molecule has 1 aliphatic heterocycles. The lowest BCUT2D eigenvalue weighted by molar-refractivity contribution is -0.119. The lowest BCUT2D eigenvalue weighted by Crippen LogP contribution is -2.33. The number of rotatable bonds is 6. The number of nitrogens with zero attached hydrogens (tertiary/aromatic N) is 3. The predicted octanol–water partition coefficient (Wildman–Crippen LogP) is 1.50. The predicted molar refractivity (Wildman–Crippen MR) is 102 cm³/mol. The van der Waals surface area contributed by atoms with E-state index in [9.17, 15) is 9.59 Å². The average molecular weight is 385 g/mol. The second-order valence-electron chi connectivity index (χ2n) is 6.23. The van der Waals surface area contributed by atoms with Gasteiger partial charge in [0.2, 0.25) is 5.91 Å². The van der Waals surface area contributed by atoms with E-state index in [1.165, 1.54) is 18.0 Å². The van der Waals surface area contributed by atoms with Gasteiger partial charge in [-0.25, -0.2) is 9.67 Å². The van der Waals surface area contributed by atoms with Gasteiger partial charge in [0, 0.05) is 13.2 Å². The van der Waals surface area contributed by atoms with Crippen LogP contribution in [0.5, 0.6) is 0 Å². The molecule has 3 heterocycles. The summed E-state index contributed by atoms with van der Waals surface area (Å²) in [5, 5.41) is 7.92. The van der Waals surface area contributed by atoms with Crippen LogP contribution in [-0.2, 0) is 9.53 Å². The SMILES string of the molecule is O=C(CSc1nc2c(cnn2-c2ccccc2)c(=O)[nH]1)NC[C@H]1CCCO1. The van der Waals surface area contributed by atoms with Crippen molar-refractivity contribution < 1.29 is 9.53 Å². The first-order valence-electron chi connectivity index (χ1n) is 8.75. The van der Waals surface area contributed by atoms with Crippen LogP contribution in [0.3, 0.4) is 0 Å². The number of carbonyl (C=O) groups is 1. The molecule has 1 aliphatic rings. The van der Waals surface area contributed by atoms with Crippen molar-refractivity contribution in [1.82, 2.24) is 25.1 Å². The van der Waals surface area contributed by atoms with Crippen LogP contribution in [0, 0.1) is 0 Å². The number of aromatic nitrogens is 4. The van der Waals surface area contributed by atoms with Gasteiger partial charge in [-0.05, 0) is 25.0 Å². The fourth-order valence-corrected chi connectivity index (χ4v) is 3.63. The zero-order valence-electron chi connectivity index (χ0n) is 14.6. The number of fused-ring (bicyclic) bond motifs is 1. The lowest BCUT2D eigenvalue weighted by atomic mass is 10.2. The van der Waals surface area contributed by atoms with Gasteiger partial charge in [-0.3, -0.25) is 9.59 Å². The summed E-state index contributed by atoms with van der Waals surface area (Å²) in [4.78, 5) is 31.5. The van der Waals surface area contributed by atoms with Crippen LogP contribution in [0.2, 0.25) is 0 Å². The lowest BCUT2D eigenvalue weighted by Gasteiger charge is -2.10. The average Bonchev–Trinajstić information content (AvgIpc) is 3.35. The van der Waals surface area contributed by atoms with Crippen molar-refractivity contribution in [1.29, 1.82) is 0 Å². The van der Waals surface area contributed by atoms with Crippen LogP contribution in [0.1, 0.15) is 12.8 Å². The Bertz CT molecular complexity index is 995. The van der Waals surface area contributed by atoms with E-state index in [1.807, 2.05) is 30.3 Å². The van der Waals surface area contributed by atoms with Gasteiger partial charge in [0.15, 0.2) is 10.8 Å². The van der Waals surface area contributed by atoms with Gasteiger partial charge in [0.25, 0.3) is 5.56 Å². The molecule has 0 radical (unpaired) electrons. The van der Waals surface area contributed by atoms with Crippen LogP contribution >= 0.6 is 11.8 Å². The number of para-hydroxylation sites is 1. The summed E-state index contributed by atoms with van der Waals surface area (Å²) in [7, 11) is 0. The Balaban J connectivity index is 1.47. The van der Waals surface area contributed by atoms with E-state index in [0.717, 1.165) is 25.1 Å². The van der Waals surface area contributed by atoms with E-state index in [-0.39, 0.29) is 23.3 Å². The minimum atomic E-state index is -0.274. The normalized spacial score (nSPS) is 16.7. The number of hydrogen-bond donors (Lipinski definition) is 2. The first-order valence-corrected chi connectivity index (χ1v) is 9.74. The molecule has 1 saturated heterocycles. The van der Waals surface area contributed by atoms with Crippen molar-refractivity contribution in [3.8, 4) is 5.69 Å². The van der Waals surface area contributed by atoms with E-state index in [2.05, 4.69) is 20.4 Å². The molecule has 8 nitrogen and oxygen atoms in total. The highest BCUT2D eigenvalue weighted by molar-refractivity contribution is 7.99. The Hall–Kier alpha value is -2.65. The maximum Gasteiger partial charge on any atom is 0.262 e. The summed E-state index contributed by atoms with van der Waals surface area (Å²) in [6, 6.07) is 9.47. The second kappa shape index (κ2) is 7.93. The molecule has 3 aromatic rings. The number of nitrogens with one attached hydrogen (secondary N) is 2. The summed E-state index contributed by atoms with van der Waals surface area (Å²) in [6.07, 6.45) is 3.61. The van der Waals surface area contributed by atoms with E-state index >= 15 is 0 Å². The molecule has 1 amide bonds. The molecular weight excluding hydrogens is 366 g/mol. The van der Waals surface area contributed by atoms with Crippen molar-refractivity contribution in [3.63, 3.8) is 0 Å². The van der Waals surface area contributed by atoms with Gasteiger partial charge in [0.1, 0.15) is 5.39 Å². The van der Waals surface area contributed by atoms with Gasteiger partial charge in [-0.1, -0.05) is 30.0 Å². The molecule has 140 valence electrons. The highest BCUT2D eigenvalue weighted by atomic mass is 32.2. The third-order valence-corrected chi connectivity index (χ3v) is 5.18. The van der Waals surface area contributed by atoms with Crippen molar-refractivity contribution in [2.24, 2.45) is 0 Å². The quantitative estimate of drug-likeness (QED) is 0.492. The van der Waals surface area contributed by atoms with Crippen LogP contribution in [0.15, 0.2) is 46.5 Å². The molecular formula is C18H19N5O3S. The third kappa shape index (κ3) is 4.04. The van der Waals surface area contributed by atoms with Crippen molar-refractivity contribution in [2.45, 2.75) is 24.1 Å². The van der Waals surface area contributed by atoms with Crippen LogP contribution in [0.25, 0.3) is 16.7 Å². The topological polar surface area (TPSA) is 102 Å². The van der Waals surface area contributed by atoms with Crippen LogP contribution in [-0.4, -0.2) is 50.7 Å². The highest BCUT2D eigenvalue weighted by Crippen LogP contribution is 2.17. The molecule has 0 unspecified atom stereocenters. The maximum absolute atomic E-state index is 12.3. The van der Waals surface area contributed by atoms with Gasteiger partial charge in [0.05, 0.1) is 23.7 Å². The molecule has 4 rings (SSSR count). The van der Waals surface area contributed by atoms with Crippen molar-refractivity contribution in [3.05, 3.63) is 46.9 Å². The number of hydrogen-bond acceptors (Lipinski definition) is 6. The largest absolute Gasteiger partial charge is 0.376 e. The molecule has 0 aliphatic carbocycles. The molecule has 9 heteroatoms. The number of carbonyl (C=O) groups excluding carboxylic acids is 1. The summed E-state index contributed by atoms with van der Waals surface area (Å²) in [5.41, 5.74) is 1.01. The fraction of sp³-hybridized carbons (Fsp3) is 0.333. The molecule has 0 saturated carbocycles. The highest BCUT2D eigenvalue weighted by Gasteiger charge is 2.17. The zero-order chi connectivity index (χ0) is 18.6. The first kappa shape index (κ1) is 17.7. The van der Waals surface area contributed by atoms with Gasteiger partial charge in [-0.2, -0.15) is 5.10 Å². The van der Waals surface area contributed by atoms with Crippen molar-refractivity contribution in [2.75, 3.05) is 18.9 Å². The Morgan fingerprint density at radius 1 is 1.37 bits per heavy atom. The van der Waals surface area contributed by atoms with Gasteiger partial charge >= 0.3 is 0 Å². The molecule has 1 fully saturated rings. The van der Waals surface area contributed by atoms with Crippen LogP contribution < -0.4 is 10.9 Å². The Morgan fingerprint density at radius 2 is 2.22 bits per heavy atom. The van der Waals surface area contributed by atoms with Crippen molar-refractivity contribution >= 4 is 28.7 Å². The number of aromatic amines is 1. The van der Waals surface area contributed by atoms with Gasteiger partial charge in [-0.15, -0.1) is 0 Å². The minimum Gasteiger partial charge on any atom is -0.376 e. The summed E-state index contributed by atoms with van der Waals surface area (Å²) in [5.74, 6) is 0.0514. The Kier molecular flexibility index (Phi) is 5.21. The fourth-order valence-electron chi connectivity index (χ4n) is 2.94. The number of thioether (sulfide) groups is 1. The Morgan fingerprint density at radius 3 is 3.00 bits per heavy atom. The van der Waals surface area contributed by atoms with Crippen LogP contribution in [0.4, 0.5) is 0 Å². The molecule has 0 bridgehead atoms. The van der Waals surface area contributed by atoms with E-state index in [4.69, 9.17) is 4.74 Å². The standard InChI is InChI=1S/C18H19N5O3S/c24-15(19-9-13-7-4-8-26-13)11-27-18-21-16-14(17(25)22-18)10-20-23(16)12-5-2-1-3-6-12/h1-3,5-6,10,13H,4,7-9,11H2,(H,19,24)(H,21,22,25)/t13-/m1/s1. The molecule has 2 aromatic heterocycles. The molecule has 2 N–H and O–H groups in total. The molecule has 0 spiro atoms.